The molecule has 4 aliphatic rings. The number of carbonyl (C=O) groups excluding carboxylic acids is 5. The molecule has 18 heteroatoms. The van der Waals surface area contributed by atoms with Crippen LogP contribution in [0.1, 0.15) is 125 Å². The number of aliphatic hydroxyl groups is 2. The standard InChI is InChI=1S/C51H77N5O13/c1-30-16-12-11-13-17-31(2)50(66-10)68-43-22-19-36(7)51(63,69-43)47(60)48(61)55-23-15-14-18-39(55)49(62)67-41(33(4)26-37-20-21-38(42(27-37)64-8)56-53-29-52-54-56)28-40(57)32(3)25-35(6)45(59)46(65-9)44(58)34(5)24-30/h11-13,16-17,25,29-30,32-34,36-39,41-43,45-46,50,59,63H,14-15,18-24,26-28H2,1-10H3/b13-11+,16-12+,31-17+,35-25+/t30?,32-,33-,34?,36-,37?,38+,39+,41?,42?,43?,45-,46?,50+,51-/m1/s1. The lowest BCUT2D eigenvalue weighted by Crippen LogP contribution is -2.61. The number of fused-ring (bicyclic) bond motifs is 3. The minimum Gasteiger partial charge on any atom is -0.460 e. The molecule has 4 heterocycles. The Morgan fingerprint density at radius 3 is 2.33 bits per heavy atom. The fraction of sp³-hybridized carbons (Fsp3) is 0.725. The molecule has 7 unspecified atom stereocenters. The van der Waals surface area contributed by atoms with E-state index in [1.54, 1.807) is 64.8 Å². The number of aliphatic hydroxyl groups excluding tert-OH is 1. The first kappa shape index (κ1) is 55.6. The van der Waals surface area contributed by atoms with Crippen LogP contribution in [0.25, 0.3) is 0 Å². The molecule has 1 aliphatic carbocycles. The number of hydrogen-bond acceptors (Lipinski definition) is 16. The SMILES string of the molecule is COC1C(=O)C(C)CC(C)/C=C/C=C/C=C(\C)[C@@H](OC)OC2CC[C@@H](C)[C@@](O)(O2)C(=O)C(=O)N2CCCC[C@H]2C(=O)OC([C@H](C)CC2CC[C@H](n3ncnn3)C(OC)C2)CC(=O)[C@H](C)/C=C(\C)[C@H]1O. The number of rotatable bonds is 7. The van der Waals surface area contributed by atoms with Crippen molar-refractivity contribution in [2.24, 2.45) is 35.5 Å². The normalized spacial score (nSPS) is 38.8. The van der Waals surface area contributed by atoms with Crippen LogP contribution in [0, 0.1) is 35.5 Å². The van der Waals surface area contributed by atoms with Crippen molar-refractivity contribution in [2.45, 2.75) is 174 Å². The first-order valence-electron chi connectivity index (χ1n) is 24.7. The second-order valence-corrected chi connectivity index (χ2v) is 19.9. The first-order chi connectivity index (χ1) is 32.8. The zero-order valence-electron chi connectivity index (χ0n) is 42.2. The molecule has 2 N–H and O–H groups in total. The summed E-state index contributed by atoms with van der Waals surface area (Å²) in [6.07, 6.45) is 11.5. The molecule has 2 bridgehead atoms. The van der Waals surface area contributed by atoms with Crippen LogP contribution in [0.4, 0.5) is 0 Å². The number of ether oxygens (including phenoxy) is 6. The van der Waals surface area contributed by atoms with Gasteiger partial charge >= 0.3 is 5.97 Å². The summed E-state index contributed by atoms with van der Waals surface area (Å²) in [6, 6.07) is -1.28. The molecule has 3 aliphatic heterocycles. The maximum atomic E-state index is 14.5. The molecule has 15 atom stereocenters. The zero-order chi connectivity index (χ0) is 50.6. The Morgan fingerprint density at radius 2 is 1.65 bits per heavy atom. The van der Waals surface area contributed by atoms with Crippen LogP contribution in [0.5, 0.6) is 0 Å². The van der Waals surface area contributed by atoms with Gasteiger partial charge in [-0.1, -0.05) is 71.1 Å². The summed E-state index contributed by atoms with van der Waals surface area (Å²) in [4.78, 5) is 73.7. The summed E-state index contributed by atoms with van der Waals surface area (Å²) in [6.45, 7) is 12.5. The molecule has 5 rings (SSSR count). The van der Waals surface area contributed by atoms with Crippen LogP contribution >= 0.6 is 0 Å². The second kappa shape index (κ2) is 25.7. The predicted molar refractivity (Wildman–Crippen MR) is 252 cm³/mol. The quantitative estimate of drug-likeness (QED) is 0.193. The van der Waals surface area contributed by atoms with Crippen molar-refractivity contribution in [3.8, 4) is 0 Å². The minimum absolute atomic E-state index is 0.00792. The van der Waals surface area contributed by atoms with E-state index in [1.165, 1.54) is 20.5 Å². The molecular weight excluding hydrogens is 891 g/mol. The smallest absolute Gasteiger partial charge is 0.329 e. The number of tetrazole rings is 1. The molecule has 1 aromatic heterocycles. The molecule has 0 spiro atoms. The van der Waals surface area contributed by atoms with E-state index in [0.29, 0.717) is 49.7 Å². The van der Waals surface area contributed by atoms with Crippen LogP contribution in [-0.4, -0.2) is 141 Å². The van der Waals surface area contributed by atoms with Gasteiger partial charge in [0, 0.05) is 52.0 Å². The van der Waals surface area contributed by atoms with E-state index >= 15 is 0 Å². The van der Waals surface area contributed by atoms with Gasteiger partial charge in [0.05, 0.1) is 12.1 Å². The number of cyclic esters (lactones) is 1. The van der Waals surface area contributed by atoms with E-state index in [1.807, 2.05) is 32.1 Å². The lowest BCUT2D eigenvalue weighted by molar-refractivity contribution is -0.336. The molecule has 1 aromatic rings. The predicted octanol–water partition coefficient (Wildman–Crippen LogP) is 5.59. The van der Waals surface area contributed by atoms with Crippen molar-refractivity contribution in [3.05, 3.63) is 53.9 Å². The van der Waals surface area contributed by atoms with Gasteiger partial charge in [-0.3, -0.25) is 19.2 Å². The Hall–Kier alpha value is -4.30. The van der Waals surface area contributed by atoms with E-state index < -0.39 is 78.1 Å². The van der Waals surface area contributed by atoms with Crippen LogP contribution in [-0.2, 0) is 52.4 Å². The van der Waals surface area contributed by atoms with Gasteiger partial charge in [0.25, 0.3) is 11.7 Å². The van der Waals surface area contributed by atoms with E-state index in [2.05, 4.69) is 15.4 Å². The van der Waals surface area contributed by atoms with E-state index in [-0.39, 0.29) is 67.3 Å². The highest BCUT2D eigenvalue weighted by molar-refractivity contribution is 6.39. The summed E-state index contributed by atoms with van der Waals surface area (Å²) in [5, 5.41) is 35.6. The van der Waals surface area contributed by atoms with Crippen molar-refractivity contribution in [1.82, 2.24) is 25.1 Å². The van der Waals surface area contributed by atoms with Crippen LogP contribution < -0.4 is 0 Å². The van der Waals surface area contributed by atoms with Crippen molar-refractivity contribution >= 4 is 29.2 Å². The topological polar surface area (TPSA) is 228 Å². The lowest BCUT2D eigenvalue weighted by Gasteiger charge is -2.42. The van der Waals surface area contributed by atoms with Crippen molar-refractivity contribution in [1.29, 1.82) is 0 Å². The maximum absolute atomic E-state index is 14.5. The Kier molecular flexibility index (Phi) is 20.7. The number of ketones is 3. The number of Topliss-reactive ketones (excluding diaryl/α,β-unsaturated/α-hetero) is 3. The van der Waals surface area contributed by atoms with Crippen molar-refractivity contribution < 1.29 is 62.6 Å². The van der Waals surface area contributed by atoms with Gasteiger partial charge in [-0.2, -0.15) is 4.80 Å². The average Bonchev–Trinajstić information content (AvgIpc) is 3.88. The van der Waals surface area contributed by atoms with Gasteiger partial charge in [-0.15, -0.1) is 10.2 Å². The number of methoxy groups -OCH3 is 3. The first-order valence-corrected chi connectivity index (χ1v) is 24.7. The largest absolute Gasteiger partial charge is 0.460 e. The fourth-order valence-electron chi connectivity index (χ4n) is 10.3. The van der Waals surface area contributed by atoms with Crippen LogP contribution in [0.3, 0.4) is 0 Å². The van der Waals surface area contributed by atoms with Gasteiger partial charge < -0.3 is 43.5 Å². The molecule has 3 fully saturated rings. The Bertz CT molecular complexity index is 2020. The molecule has 1 amide bonds. The third kappa shape index (κ3) is 14.2. The summed E-state index contributed by atoms with van der Waals surface area (Å²) in [7, 11) is 4.47. The molecule has 1 saturated carbocycles. The summed E-state index contributed by atoms with van der Waals surface area (Å²) in [5.74, 6) is -8.40. The second-order valence-electron chi connectivity index (χ2n) is 19.9. The molecule has 0 radical (unpaired) electrons. The van der Waals surface area contributed by atoms with Gasteiger partial charge in [-0.25, -0.2) is 4.79 Å². The minimum atomic E-state index is -2.56. The Balaban J connectivity index is 1.46. The monoisotopic (exact) mass is 968 g/mol. The zero-order valence-corrected chi connectivity index (χ0v) is 42.2. The number of esters is 1. The van der Waals surface area contributed by atoms with Crippen LogP contribution in [0.15, 0.2) is 53.9 Å². The summed E-state index contributed by atoms with van der Waals surface area (Å²) in [5.41, 5.74) is 1.04. The lowest BCUT2D eigenvalue weighted by atomic mass is 9.77. The highest BCUT2D eigenvalue weighted by Crippen LogP contribution is 2.39. The number of hydrogen-bond donors (Lipinski definition) is 2. The van der Waals surface area contributed by atoms with E-state index in [9.17, 15) is 34.2 Å². The number of nitrogens with zero attached hydrogens (tertiary/aromatic N) is 5. The fourth-order valence-corrected chi connectivity index (χ4v) is 10.3. The number of carbonyl (C=O) groups is 5. The molecule has 18 nitrogen and oxygen atoms in total. The van der Waals surface area contributed by atoms with E-state index in [0.717, 1.165) is 17.7 Å². The van der Waals surface area contributed by atoms with E-state index in [4.69, 9.17) is 28.4 Å². The Morgan fingerprint density at radius 1 is 0.899 bits per heavy atom. The van der Waals surface area contributed by atoms with Crippen molar-refractivity contribution in [2.75, 3.05) is 27.9 Å². The molecule has 384 valence electrons. The molecule has 0 aromatic carbocycles. The Labute approximate surface area is 407 Å². The number of allylic oxidation sites excluding steroid dienone is 6. The molecular formula is C51H77N5O13. The highest BCUT2D eigenvalue weighted by atomic mass is 16.8. The van der Waals surface area contributed by atoms with Gasteiger partial charge in [0.1, 0.15) is 30.1 Å². The number of aromatic nitrogens is 4. The third-order valence-electron chi connectivity index (χ3n) is 14.6. The third-order valence-corrected chi connectivity index (χ3v) is 14.6. The summed E-state index contributed by atoms with van der Waals surface area (Å²) < 4.78 is 35.5. The molecule has 2 saturated heterocycles. The van der Waals surface area contributed by atoms with Gasteiger partial charge in [0.2, 0.25) is 5.79 Å². The molecule has 69 heavy (non-hydrogen) atoms. The highest BCUT2D eigenvalue weighted by Gasteiger charge is 2.53. The summed E-state index contributed by atoms with van der Waals surface area (Å²) >= 11 is 0. The average molecular weight is 968 g/mol. The maximum Gasteiger partial charge on any atom is 0.329 e. The van der Waals surface area contributed by atoms with Gasteiger partial charge in [-0.05, 0) is 112 Å². The van der Waals surface area contributed by atoms with Crippen molar-refractivity contribution in [3.63, 3.8) is 0 Å². The number of amides is 1. The van der Waals surface area contributed by atoms with Crippen LogP contribution in [0.2, 0.25) is 0 Å². The van der Waals surface area contributed by atoms with Gasteiger partial charge in [0.15, 0.2) is 24.7 Å². The number of piperidine rings is 1.